The van der Waals surface area contributed by atoms with Gasteiger partial charge in [-0.25, -0.2) is 0 Å². The molecule has 0 heterocycles. The maximum Gasteiger partial charge on any atom is 0.125 e. The highest BCUT2D eigenvalue weighted by atomic mass is 79.9. The molecule has 2 aromatic carbocycles. The molecule has 0 aliphatic rings. The van der Waals surface area contributed by atoms with Crippen LogP contribution in [-0.4, -0.2) is 12.2 Å². The quantitative estimate of drug-likeness (QED) is 0.872. The summed E-state index contributed by atoms with van der Waals surface area (Å²) in [6, 6.07) is 10.9. The van der Waals surface area contributed by atoms with Gasteiger partial charge in [-0.3, -0.25) is 0 Å². The molecule has 0 saturated heterocycles. The highest BCUT2D eigenvalue weighted by Crippen LogP contribution is 2.27. The Labute approximate surface area is 131 Å². The molecule has 0 aliphatic heterocycles. The molecule has 20 heavy (non-hydrogen) atoms. The summed E-state index contributed by atoms with van der Waals surface area (Å²) in [5, 5.41) is 9.88. The summed E-state index contributed by atoms with van der Waals surface area (Å²) < 4.78 is 11.9. The third-order valence-electron chi connectivity index (χ3n) is 2.83. The zero-order valence-corrected chi connectivity index (χ0v) is 13.2. The summed E-state index contributed by atoms with van der Waals surface area (Å²) in [7, 11) is 1.62. The number of aliphatic hydroxyl groups excluding tert-OH is 1. The van der Waals surface area contributed by atoms with Crippen LogP contribution in [0.25, 0.3) is 0 Å². The predicted molar refractivity (Wildman–Crippen MR) is 82.4 cm³/mol. The van der Waals surface area contributed by atoms with E-state index in [2.05, 4.69) is 15.9 Å². The van der Waals surface area contributed by atoms with Crippen LogP contribution in [-0.2, 0) is 13.2 Å². The van der Waals surface area contributed by atoms with Gasteiger partial charge in [-0.15, -0.1) is 0 Å². The molecule has 0 amide bonds. The molecule has 0 aromatic heterocycles. The smallest absolute Gasteiger partial charge is 0.125 e. The van der Waals surface area contributed by atoms with Crippen LogP contribution < -0.4 is 9.47 Å². The molecule has 0 bridgehead atoms. The van der Waals surface area contributed by atoms with Crippen molar-refractivity contribution >= 4 is 27.5 Å². The van der Waals surface area contributed by atoms with E-state index in [9.17, 15) is 5.11 Å². The minimum atomic E-state index is -0.116. The van der Waals surface area contributed by atoms with Crippen molar-refractivity contribution < 1.29 is 14.6 Å². The van der Waals surface area contributed by atoms with Gasteiger partial charge in [-0.2, -0.15) is 0 Å². The molecule has 0 unspecified atom stereocenters. The second kappa shape index (κ2) is 6.97. The van der Waals surface area contributed by atoms with Crippen LogP contribution >= 0.6 is 27.5 Å². The minimum absolute atomic E-state index is 0.116. The molecule has 5 heteroatoms. The van der Waals surface area contributed by atoms with E-state index in [1.54, 1.807) is 25.3 Å². The van der Waals surface area contributed by atoms with Gasteiger partial charge in [0, 0.05) is 20.6 Å². The molecular weight excluding hydrogens is 344 g/mol. The first-order valence-electron chi connectivity index (χ1n) is 5.98. The van der Waals surface area contributed by atoms with Crippen LogP contribution in [0.4, 0.5) is 0 Å². The normalized spacial score (nSPS) is 10.4. The fraction of sp³-hybridized carbons (Fsp3) is 0.200. The van der Waals surface area contributed by atoms with Crippen LogP contribution in [0.5, 0.6) is 11.5 Å². The van der Waals surface area contributed by atoms with Gasteiger partial charge in [0.1, 0.15) is 18.1 Å². The zero-order chi connectivity index (χ0) is 14.5. The van der Waals surface area contributed by atoms with Crippen molar-refractivity contribution in [2.24, 2.45) is 0 Å². The van der Waals surface area contributed by atoms with E-state index in [0.717, 1.165) is 15.8 Å². The minimum Gasteiger partial charge on any atom is -0.497 e. The van der Waals surface area contributed by atoms with Crippen molar-refractivity contribution in [2.75, 3.05) is 7.11 Å². The van der Waals surface area contributed by atoms with Gasteiger partial charge in [-0.1, -0.05) is 27.5 Å². The van der Waals surface area contributed by atoms with Gasteiger partial charge in [0.25, 0.3) is 0 Å². The first-order chi connectivity index (χ1) is 9.63. The molecule has 2 aromatic rings. The van der Waals surface area contributed by atoms with E-state index in [0.29, 0.717) is 22.9 Å². The van der Waals surface area contributed by atoms with Gasteiger partial charge in [0.2, 0.25) is 0 Å². The third-order valence-corrected chi connectivity index (χ3v) is 3.84. The lowest BCUT2D eigenvalue weighted by molar-refractivity contribution is 0.258. The summed E-state index contributed by atoms with van der Waals surface area (Å²) in [6.45, 7) is 0.252. The number of aliphatic hydroxyl groups is 1. The molecule has 0 saturated carbocycles. The van der Waals surface area contributed by atoms with Crippen LogP contribution in [0.2, 0.25) is 5.02 Å². The highest BCUT2D eigenvalue weighted by Gasteiger charge is 2.07. The number of benzene rings is 2. The lowest BCUT2D eigenvalue weighted by Crippen LogP contribution is -2.00. The predicted octanol–water partition coefficient (Wildman–Crippen LogP) is 4.18. The molecule has 0 aliphatic carbocycles. The van der Waals surface area contributed by atoms with Gasteiger partial charge < -0.3 is 14.6 Å². The summed E-state index contributed by atoms with van der Waals surface area (Å²) in [5.41, 5.74) is 1.62. The van der Waals surface area contributed by atoms with Crippen molar-refractivity contribution in [1.82, 2.24) is 0 Å². The molecule has 0 fully saturated rings. The van der Waals surface area contributed by atoms with E-state index in [-0.39, 0.29) is 6.61 Å². The molecule has 3 nitrogen and oxygen atoms in total. The van der Waals surface area contributed by atoms with E-state index in [1.807, 2.05) is 18.2 Å². The number of ether oxygens (including phenoxy) is 2. The van der Waals surface area contributed by atoms with Crippen molar-refractivity contribution in [1.29, 1.82) is 0 Å². The first kappa shape index (κ1) is 15.2. The topological polar surface area (TPSA) is 38.7 Å². The number of hydrogen-bond acceptors (Lipinski definition) is 3. The Morgan fingerprint density at radius 3 is 2.65 bits per heavy atom. The fourth-order valence-corrected chi connectivity index (χ4v) is 2.31. The largest absolute Gasteiger partial charge is 0.497 e. The Balaban J connectivity index is 2.16. The van der Waals surface area contributed by atoms with Crippen molar-refractivity contribution in [3.05, 3.63) is 57.0 Å². The molecular formula is C15H14BrClO3. The highest BCUT2D eigenvalue weighted by molar-refractivity contribution is 9.10. The first-order valence-corrected chi connectivity index (χ1v) is 7.15. The van der Waals surface area contributed by atoms with Gasteiger partial charge in [-0.05, 0) is 36.4 Å². The van der Waals surface area contributed by atoms with Crippen LogP contribution in [0, 0.1) is 0 Å². The number of hydrogen-bond donors (Lipinski definition) is 1. The lowest BCUT2D eigenvalue weighted by atomic mass is 10.2. The molecule has 0 radical (unpaired) electrons. The molecule has 106 valence electrons. The van der Waals surface area contributed by atoms with E-state index >= 15 is 0 Å². The lowest BCUT2D eigenvalue weighted by Gasteiger charge is -2.12. The van der Waals surface area contributed by atoms with E-state index < -0.39 is 0 Å². The standard InChI is InChI=1S/C15H14BrClO3/c1-19-13-3-4-14(16)11(7-13)9-20-15-5-2-12(17)6-10(15)8-18/h2-7,18H,8-9H2,1H3. The summed E-state index contributed by atoms with van der Waals surface area (Å²) in [4.78, 5) is 0. The van der Waals surface area contributed by atoms with E-state index in [1.165, 1.54) is 0 Å². The number of methoxy groups -OCH3 is 1. The maximum atomic E-state index is 9.31. The SMILES string of the molecule is COc1ccc(Br)c(COc2ccc(Cl)cc2CO)c1. The van der Waals surface area contributed by atoms with Crippen LogP contribution in [0.15, 0.2) is 40.9 Å². The maximum absolute atomic E-state index is 9.31. The van der Waals surface area contributed by atoms with Crippen LogP contribution in [0.3, 0.4) is 0 Å². The number of rotatable bonds is 5. The molecule has 2 rings (SSSR count). The monoisotopic (exact) mass is 356 g/mol. The Morgan fingerprint density at radius 1 is 1.15 bits per heavy atom. The molecule has 0 atom stereocenters. The van der Waals surface area contributed by atoms with Gasteiger partial charge in [0.15, 0.2) is 0 Å². The molecule has 0 spiro atoms. The average Bonchev–Trinajstić information content (AvgIpc) is 2.47. The Morgan fingerprint density at radius 2 is 1.95 bits per heavy atom. The van der Waals surface area contributed by atoms with Crippen LogP contribution in [0.1, 0.15) is 11.1 Å². The molecule has 1 N–H and O–H groups in total. The zero-order valence-electron chi connectivity index (χ0n) is 10.9. The fourth-order valence-electron chi connectivity index (χ4n) is 1.76. The van der Waals surface area contributed by atoms with Crippen molar-refractivity contribution in [3.8, 4) is 11.5 Å². The summed E-state index contributed by atoms with van der Waals surface area (Å²) in [5.74, 6) is 1.39. The van der Waals surface area contributed by atoms with Crippen molar-refractivity contribution in [3.63, 3.8) is 0 Å². The second-order valence-corrected chi connectivity index (χ2v) is 5.45. The Bertz CT molecular complexity index is 602. The summed E-state index contributed by atoms with van der Waals surface area (Å²) in [6.07, 6.45) is 0. The number of halogens is 2. The second-order valence-electron chi connectivity index (χ2n) is 4.16. The Hall–Kier alpha value is -1.23. The van der Waals surface area contributed by atoms with Gasteiger partial charge >= 0.3 is 0 Å². The summed E-state index contributed by atoms with van der Waals surface area (Å²) >= 11 is 9.36. The third kappa shape index (κ3) is 3.66. The van der Waals surface area contributed by atoms with Gasteiger partial charge in [0.05, 0.1) is 13.7 Å². The van der Waals surface area contributed by atoms with Crippen molar-refractivity contribution in [2.45, 2.75) is 13.2 Å². The van der Waals surface area contributed by atoms with E-state index in [4.69, 9.17) is 21.1 Å². The Kier molecular flexibility index (Phi) is 5.29. The average molecular weight is 358 g/mol.